The van der Waals surface area contributed by atoms with Gasteiger partial charge in [0.15, 0.2) is 0 Å². The lowest BCUT2D eigenvalue weighted by atomic mass is 10.1. The van der Waals surface area contributed by atoms with Gasteiger partial charge in [-0.1, -0.05) is 48.6 Å². The highest BCUT2D eigenvalue weighted by molar-refractivity contribution is 5.88. The van der Waals surface area contributed by atoms with Crippen LogP contribution in [0, 0.1) is 0 Å². The first-order valence-corrected chi connectivity index (χ1v) is 5.39. The highest BCUT2D eigenvalue weighted by Crippen LogP contribution is 2.10. The van der Waals surface area contributed by atoms with Crippen molar-refractivity contribution in [3.05, 3.63) is 60.2 Å². The molecule has 0 aliphatic rings. The molecule has 1 N–H and O–H groups in total. The lowest BCUT2D eigenvalue weighted by Gasteiger charge is -2.12. The van der Waals surface area contributed by atoms with E-state index < -0.39 is 0 Å². The Morgan fingerprint density at radius 3 is 2.56 bits per heavy atom. The molecule has 1 rings (SSSR count). The molecule has 0 aliphatic heterocycles. The summed E-state index contributed by atoms with van der Waals surface area (Å²) in [5.41, 5.74) is 1.11. The highest BCUT2D eigenvalue weighted by atomic mass is 16.1. The zero-order valence-electron chi connectivity index (χ0n) is 9.68. The van der Waals surface area contributed by atoms with Gasteiger partial charge in [0.25, 0.3) is 0 Å². The van der Waals surface area contributed by atoms with Gasteiger partial charge >= 0.3 is 0 Å². The molecular formula is C14H17NO. The van der Waals surface area contributed by atoms with Crippen molar-refractivity contribution in [3.63, 3.8) is 0 Å². The van der Waals surface area contributed by atoms with Crippen LogP contribution in [0.25, 0.3) is 0 Å². The van der Waals surface area contributed by atoms with Crippen molar-refractivity contribution in [1.82, 2.24) is 5.32 Å². The maximum absolute atomic E-state index is 11.5. The standard InChI is InChI=1S/C14H17NO/c1-3-4-6-11-14(16)15-12(2)13-9-7-5-8-10-13/h3-12H,1-2H3,(H,15,16)/b4-3+,11-6+. The fourth-order valence-electron chi connectivity index (χ4n) is 1.34. The molecule has 1 atom stereocenters. The Morgan fingerprint density at radius 1 is 1.25 bits per heavy atom. The van der Waals surface area contributed by atoms with Crippen molar-refractivity contribution >= 4 is 5.91 Å². The summed E-state index contributed by atoms with van der Waals surface area (Å²) in [6, 6.07) is 9.93. The summed E-state index contributed by atoms with van der Waals surface area (Å²) in [7, 11) is 0. The van der Waals surface area contributed by atoms with Crippen molar-refractivity contribution < 1.29 is 4.79 Å². The van der Waals surface area contributed by atoms with E-state index in [1.807, 2.05) is 56.3 Å². The number of benzene rings is 1. The predicted molar refractivity (Wildman–Crippen MR) is 67.0 cm³/mol. The maximum atomic E-state index is 11.5. The monoisotopic (exact) mass is 215 g/mol. The molecule has 2 heteroatoms. The molecule has 1 aromatic rings. The summed E-state index contributed by atoms with van der Waals surface area (Å²) in [4.78, 5) is 11.5. The zero-order chi connectivity index (χ0) is 11.8. The van der Waals surface area contributed by atoms with Crippen molar-refractivity contribution in [1.29, 1.82) is 0 Å². The smallest absolute Gasteiger partial charge is 0.244 e. The minimum absolute atomic E-state index is 0.0314. The lowest BCUT2D eigenvalue weighted by molar-refractivity contribution is -0.117. The molecule has 2 nitrogen and oxygen atoms in total. The summed E-state index contributed by atoms with van der Waals surface area (Å²) < 4.78 is 0. The number of rotatable bonds is 4. The Kier molecular flexibility index (Phi) is 5.06. The first-order chi connectivity index (χ1) is 7.74. The maximum Gasteiger partial charge on any atom is 0.244 e. The van der Waals surface area contributed by atoms with Crippen LogP contribution in [0.5, 0.6) is 0 Å². The normalized spacial score (nSPS) is 13.1. The van der Waals surface area contributed by atoms with Crippen molar-refractivity contribution in [2.45, 2.75) is 19.9 Å². The molecule has 0 aliphatic carbocycles. The molecule has 0 heterocycles. The van der Waals surface area contributed by atoms with Crippen molar-refractivity contribution in [2.24, 2.45) is 0 Å². The van der Waals surface area contributed by atoms with Crippen LogP contribution >= 0.6 is 0 Å². The van der Waals surface area contributed by atoms with Crippen LogP contribution in [0.2, 0.25) is 0 Å². The summed E-state index contributed by atoms with van der Waals surface area (Å²) >= 11 is 0. The van der Waals surface area contributed by atoms with Gasteiger partial charge in [-0.3, -0.25) is 4.79 Å². The topological polar surface area (TPSA) is 29.1 Å². The summed E-state index contributed by atoms with van der Waals surface area (Å²) in [5.74, 6) is -0.0746. The molecule has 0 spiro atoms. The van der Waals surface area contributed by atoms with E-state index in [1.54, 1.807) is 6.08 Å². The number of carbonyl (C=O) groups excluding carboxylic acids is 1. The average Bonchev–Trinajstić information content (AvgIpc) is 2.30. The van der Waals surface area contributed by atoms with Gasteiger partial charge in [0.05, 0.1) is 6.04 Å². The molecule has 84 valence electrons. The van der Waals surface area contributed by atoms with E-state index >= 15 is 0 Å². The number of hydrogen-bond acceptors (Lipinski definition) is 1. The van der Waals surface area contributed by atoms with Gasteiger partial charge in [-0.2, -0.15) is 0 Å². The molecule has 0 saturated carbocycles. The van der Waals surface area contributed by atoms with Crippen LogP contribution in [-0.2, 0) is 4.79 Å². The SMILES string of the molecule is C/C=C/C=C/C(=O)NC(C)c1ccccc1. The second-order valence-electron chi connectivity index (χ2n) is 3.53. The van der Waals surface area contributed by atoms with E-state index in [-0.39, 0.29) is 11.9 Å². The number of carbonyl (C=O) groups is 1. The minimum Gasteiger partial charge on any atom is -0.346 e. The van der Waals surface area contributed by atoms with Gasteiger partial charge in [0.1, 0.15) is 0 Å². The second-order valence-corrected chi connectivity index (χ2v) is 3.53. The summed E-state index contributed by atoms with van der Waals surface area (Å²) in [6.45, 7) is 3.88. The van der Waals surface area contributed by atoms with Crippen molar-refractivity contribution in [3.8, 4) is 0 Å². The summed E-state index contributed by atoms with van der Waals surface area (Å²) in [6.07, 6.45) is 6.96. The first kappa shape index (κ1) is 12.2. The predicted octanol–water partition coefficient (Wildman–Crippen LogP) is 3.00. The van der Waals surface area contributed by atoms with Crippen LogP contribution in [0.15, 0.2) is 54.6 Å². The molecule has 16 heavy (non-hydrogen) atoms. The van der Waals surface area contributed by atoms with E-state index in [9.17, 15) is 4.79 Å². The minimum atomic E-state index is -0.0746. The third kappa shape index (κ3) is 4.13. The van der Waals surface area contributed by atoms with E-state index in [2.05, 4.69) is 5.32 Å². The molecule has 0 radical (unpaired) electrons. The third-order valence-corrected chi connectivity index (χ3v) is 2.21. The number of hydrogen-bond donors (Lipinski definition) is 1. The third-order valence-electron chi connectivity index (χ3n) is 2.21. The fraction of sp³-hybridized carbons (Fsp3) is 0.214. The zero-order valence-corrected chi connectivity index (χ0v) is 9.68. The highest BCUT2D eigenvalue weighted by Gasteiger charge is 2.05. The Balaban J connectivity index is 2.52. The molecule has 0 fully saturated rings. The van der Waals surface area contributed by atoms with E-state index in [0.29, 0.717) is 0 Å². The first-order valence-electron chi connectivity index (χ1n) is 5.39. The van der Waals surface area contributed by atoms with E-state index in [0.717, 1.165) is 5.56 Å². The van der Waals surface area contributed by atoms with Gasteiger partial charge in [-0.25, -0.2) is 0 Å². The molecule has 1 amide bonds. The molecular weight excluding hydrogens is 198 g/mol. The van der Waals surface area contributed by atoms with Gasteiger partial charge in [-0.05, 0) is 19.4 Å². The fourth-order valence-corrected chi connectivity index (χ4v) is 1.34. The van der Waals surface area contributed by atoms with Crippen LogP contribution in [0.3, 0.4) is 0 Å². The Hall–Kier alpha value is -1.83. The van der Waals surface area contributed by atoms with Gasteiger partial charge in [0, 0.05) is 6.08 Å². The Labute approximate surface area is 96.7 Å². The second kappa shape index (κ2) is 6.62. The molecule has 1 aromatic carbocycles. The van der Waals surface area contributed by atoms with Crippen LogP contribution < -0.4 is 5.32 Å². The number of nitrogens with one attached hydrogen (secondary N) is 1. The van der Waals surface area contributed by atoms with E-state index in [4.69, 9.17) is 0 Å². The van der Waals surface area contributed by atoms with Crippen molar-refractivity contribution in [2.75, 3.05) is 0 Å². The molecule has 0 bridgehead atoms. The van der Waals surface area contributed by atoms with Gasteiger partial charge < -0.3 is 5.32 Å². The summed E-state index contributed by atoms with van der Waals surface area (Å²) in [5, 5.41) is 2.90. The van der Waals surface area contributed by atoms with Crippen LogP contribution in [0.4, 0.5) is 0 Å². The average molecular weight is 215 g/mol. The molecule has 1 unspecified atom stereocenters. The van der Waals surface area contributed by atoms with Crippen LogP contribution in [0.1, 0.15) is 25.5 Å². The number of allylic oxidation sites excluding steroid dienone is 3. The quantitative estimate of drug-likeness (QED) is 0.607. The van der Waals surface area contributed by atoms with Gasteiger partial charge in [-0.15, -0.1) is 0 Å². The molecule has 0 aromatic heterocycles. The lowest BCUT2D eigenvalue weighted by Crippen LogP contribution is -2.24. The largest absolute Gasteiger partial charge is 0.346 e. The molecule has 0 saturated heterocycles. The van der Waals surface area contributed by atoms with Crippen LogP contribution in [-0.4, -0.2) is 5.91 Å². The Morgan fingerprint density at radius 2 is 1.94 bits per heavy atom. The number of amides is 1. The van der Waals surface area contributed by atoms with Gasteiger partial charge in [0.2, 0.25) is 5.91 Å². The Bertz CT molecular complexity index is 379. The van der Waals surface area contributed by atoms with E-state index in [1.165, 1.54) is 6.08 Å².